The summed E-state index contributed by atoms with van der Waals surface area (Å²) in [7, 11) is 0. The van der Waals surface area contributed by atoms with Crippen LogP contribution in [0.4, 0.5) is 4.39 Å². The van der Waals surface area contributed by atoms with Crippen LogP contribution in [0.1, 0.15) is 16.7 Å². The zero-order valence-corrected chi connectivity index (χ0v) is 8.24. The van der Waals surface area contributed by atoms with Crippen molar-refractivity contribution >= 4 is 11.6 Å². The third-order valence-electron chi connectivity index (χ3n) is 2.12. The van der Waals surface area contributed by atoms with E-state index in [1.807, 2.05) is 12.4 Å². The van der Waals surface area contributed by atoms with Crippen molar-refractivity contribution in [3.8, 4) is 0 Å². The van der Waals surface area contributed by atoms with Gasteiger partial charge in [-0.25, -0.2) is 9.87 Å². The molecule has 1 rings (SSSR count). The molecule has 0 spiro atoms. The molecule has 0 heterocycles. The van der Waals surface area contributed by atoms with E-state index in [1.54, 1.807) is 6.92 Å². The minimum absolute atomic E-state index is 0.0738. The molecule has 1 aromatic carbocycles. The predicted molar refractivity (Wildman–Crippen MR) is 49.5 cm³/mol. The normalized spacial score (nSPS) is 10.5. The summed E-state index contributed by atoms with van der Waals surface area (Å²) in [5.41, 5.74) is 4.29. The molecule has 0 radical (unpaired) electrons. The van der Waals surface area contributed by atoms with Crippen LogP contribution in [-0.2, 0) is 6.54 Å². The Balaban J connectivity index is 3.28. The molecule has 0 aliphatic rings. The number of hydrogen-bond donors (Lipinski definition) is 2. The van der Waals surface area contributed by atoms with Gasteiger partial charge in [0.25, 0.3) is 0 Å². The number of rotatable bonds is 2. The number of halogens is 2. The largest absolute Gasteiger partial charge is 0.316 e. The van der Waals surface area contributed by atoms with Crippen LogP contribution in [0.15, 0.2) is 6.07 Å². The van der Waals surface area contributed by atoms with E-state index in [4.69, 9.17) is 16.8 Å². The maximum absolute atomic E-state index is 13.1. The number of hydroxylamine groups is 1. The minimum atomic E-state index is -0.449. The van der Waals surface area contributed by atoms with Gasteiger partial charge >= 0.3 is 0 Å². The van der Waals surface area contributed by atoms with Crippen LogP contribution in [0, 0.1) is 19.7 Å². The van der Waals surface area contributed by atoms with Gasteiger partial charge in [0.2, 0.25) is 0 Å². The van der Waals surface area contributed by atoms with Gasteiger partial charge in [0.05, 0.1) is 5.02 Å². The molecule has 0 atom stereocenters. The maximum atomic E-state index is 13.1. The quantitative estimate of drug-likeness (QED) is 0.725. The van der Waals surface area contributed by atoms with E-state index >= 15 is 0 Å². The highest BCUT2D eigenvalue weighted by Gasteiger charge is 2.11. The summed E-state index contributed by atoms with van der Waals surface area (Å²) in [5, 5.41) is 8.59. The van der Waals surface area contributed by atoms with Gasteiger partial charge in [0, 0.05) is 6.54 Å². The van der Waals surface area contributed by atoms with Crippen molar-refractivity contribution in [2.24, 2.45) is 0 Å². The molecule has 4 heteroatoms. The number of aryl methyl sites for hydroxylation is 1. The van der Waals surface area contributed by atoms with E-state index in [-0.39, 0.29) is 11.6 Å². The van der Waals surface area contributed by atoms with E-state index < -0.39 is 5.82 Å². The first-order chi connectivity index (χ1) is 6.07. The van der Waals surface area contributed by atoms with Crippen molar-refractivity contribution in [1.29, 1.82) is 0 Å². The van der Waals surface area contributed by atoms with Crippen LogP contribution < -0.4 is 5.48 Å². The zero-order valence-electron chi connectivity index (χ0n) is 7.49. The zero-order chi connectivity index (χ0) is 10.0. The Morgan fingerprint density at radius 3 is 2.69 bits per heavy atom. The van der Waals surface area contributed by atoms with Crippen LogP contribution in [0.3, 0.4) is 0 Å². The van der Waals surface area contributed by atoms with Crippen LogP contribution in [0.5, 0.6) is 0 Å². The second-order valence-corrected chi connectivity index (χ2v) is 3.31. The summed E-state index contributed by atoms with van der Waals surface area (Å²) in [5.74, 6) is -0.449. The van der Waals surface area contributed by atoms with Gasteiger partial charge < -0.3 is 5.21 Å². The van der Waals surface area contributed by atoms with Crippen molar-refractivity contribution in [2.45, 2.75) is 20.4 Å². The highest BCUT2D eigenvalue weighted by atomic mass is 35.5. The Labute approximate surface area is 81.3 Å². The molecule has 0 saturated heterocycles. The number of benzene rings is 1. The second-order valence-electron chi connectivity index (χ2n) is 2.93. The van der Waals surface area contributed by atoms with Gasteiger partial charge in [-0.15, -0.1) is 0 Å². The molecule has 0 aliphatic carbocycles. The summed E-state index contributed by atoms with van der Waals surface area (Å²) in [4.78, 5) is 0. The minimum Gasteiger partial charge on any atom is -0.316 e. The third kappa shape index (κ3) is 1.99. The Bertz CT molecular complexity index is 302. The molecule has 72 valence electrons. The standard InChI is InChI=1S/C9H11ClFNO/c1-5-3-8(11)9(10)7(4-12-13)6(5)2/h3,12-13H,4H2,1-2H3. The Morgan fingerprint density at radius 1 is 1.54 bits per heavy atom. The van der Waals surface area contributed by atoms with Crippen LogP contribution >= 0.6 is 11.6 Å². The van der Waals surface area contributed by atoms with E-state index in [2.05, 4.69) is 0 Å². The lowest BCUT2D eigenvalue weighted by molar-refractivity contribution is 0.161. The number of nitrogens with one attached hydrogen (secondary N) is 1. The van der Waals surface area contributed by atoms with Crippen LogP contribution in [-0.4, -0.2) is 5.21 Å². The molecule has 0 amide bonds. The molecule has 0 saturated carbocycles. The highest BCUT2D eigenvalue weighted by Crippen LogP contribution is 2.25. The molecule has 0 aliphatic heterocycles. The SMILES string of the molecule is Cc1cc(F)c(Cl)c(CNO)c1C. The Kier molecular flexibility index (Phi) is 3.25. The van der Waals surface area contributed by atoms with Gasteiger partial charge in [0.15, 0.2) is 0 Å². The van der Waals surface area contributed by atoms with Gasteiger partial charge in [-0.3, -0.25) is 0 Å². The first kappa shape index (κ1) is 10.4. The second kappa shape index (κ2) is 4.05. The summed E-state index contributed by atoms with van der Waals surface area (Å²) >= 11 is 5.72. The fourth-order valence-electron chi connectivity index (χ4n) is 1.20. The lowest BCUT2D eigenvalue weighted by atomic mass is 10.0. The summed E-state index contributed by atoms with van der Waals surface area (Å²) < 4.78 is 13.1. The molecule has 13 heavy (non-hydrogen) atoms. The topological polar surface area (TPSA) is 32.3 Å². The van der Waals surface area contributed by atoms with E-state index in [0.717, 1.165) is 11.1 Å². The summed E-state index contributed by atoms with van der Waals surface area (Å²) in [6, 6.07) is 1.39. The van der Waals surface area contributed by atoms with E-state index in [0.29, 0.717) is 5.56 Å². The van der Waals surface area contributed by atoms with E-state index in [1.165, 1.54) is 6.07 Å². The lowest BCUT2D eigenvalue weighted by Crippen LogP contribution is -2.09. The average Bonchev–Trinajstić information content (AvgIpc) is 2.09. The molecule has 2 nitrogen and oxygen atoms in total. The average molecular weight is 204 g/mol. The van der Waals surface area contributed by atoms with Crippen LogP contribution in [0.2, 0.25) is 5.02 Å². The van der Waals surface area contributed by atoms with Gasteiger partial charge in [-0.1, -0.05) is 11.6 Å². The number of hydrogen-bond acceptors (Lipinski definition) is 2. The van der Waals surface area contributed by atoms with Crippen LogP contribution in [0.25, 0.3) is 0 Å². The first-order valence-electron chi connectivity index (χ1n) is 3.89. The predicted octanol–water partition coefficient (Wildman–Crippen LogP) is 2.57. The molecule has 0 aromatic heterocycles. The van der Waals surface area contributed by atoms with Gasteiger partial charge in [-0.05, 0) is 36.6 Å². The highest BCUT2D eigenvalue weighted by molar-refractivity contribution is 6.31. The molecule has 0 unspecified atom stereocenters. The van der Waals surface area contributed by atoms with Crippen molar-refractivity contribution in [3.63, 3.8) is 0 Å². The smallest absolute Gasteiger partial charge is 0.142 e. The lowest BCUT2D eigenvalue weighted by Gasteiger charge is -2.10. The summed E-state index contributed by atoms with van der Waals surface area (Å²) in [6.07, 6.45) is 0. The van der Waals surface area contributed by atoms with Gasteiger partial charge in [0.1, 0.15) is 5.82 Å². The first-order valence-corrected chi connectivity index (χ1v) is 4.26. The van der Waals surface area contributed by atoms with E-state index in [9.17, 15) is 4.39 Å². The molecule has 1 aromatic rings. The fraction of sp³-hybridized carbons (Fsp3) is 0.333. The van der Waals surface area contributed by atoms with Crippen molar-refractivity contribution in [1.82, 2.24) is 5.48 Å². The monoisotopic (exact) mass is 203 g/mol. The molecular formula is C9H11ClFNO. The maximum Gasteiger partial charge on any atom is 0.142 e. The molecular weight excluding hydrogens is 193 g/mol. The Hall–Kier alpha value is -0.640. The van der Waals surface area contributed by atoms with Crippen molar-refractivity contribution in [2.75, 3.05) is 0 Å². The molecule has 2 N–H and O–H groups in total. The summed E-state index contributed by atoms with van der Waals surface area (Å²) in [6.45, 7) is 3.80. The van der Waals surface area contributed by atoms with Crippen molar-refractivity contribution < 1.29 is 9.60 Å². The van der Waals surface area contributed by atoms with Gasteiger partial charge in [-0.2, -0.15) is 0 Å². The molecule has 0 bridgehead atoms. The van der Waals surface area contributed by atoms with Crippen molar-refractivity contribution in [3.05, 3.63) is 33.6 Å². The third-order valence-corrected chi connectivity index (χ3v) is 2.53. The Morgan fingerprint density at radius 2 is 2.15 bits per heavy atom. The fourth-order valence-corrected chi connectivity index (χ4v) is 1.46. The molecule has 0 fully saturated rings.